The highest BCUT2D eigenvalue weighted by atomic mass is 32.2. The van der Waals surface area contributed by atoms with E-state index in [1.807, 2.05) is 0 Å². The van der Waals surface area contributed by atoms with Gasteiger partial charge in [0.1, 0.15) is 5.37 Å². The van der Waals surface area contributed by atoms with Gasteiger partial charge in [-0.1, -0.05) is 6.92 Å². The quantitative estimate of drug-likeness (QED) is 0.828. The van der Waals surface area contributed by atoms with Crippen LogP contribution in [0.4, 0.5) is 0 Å². The highest BCUT2D eigenvalue weighted by molar-refractivity contribution is 8.00. The van der Waals surface area contributed by atoms with Crippen LogP contribution >= 0.6 is 11.8 Å². The van der Waals surface area contributed by atoms with Crippen LogP contribution in [-0.2, 0) is 14.6 Å². The second-order valence-electron chi connectivity index (χ2n) is 6.56. The molecule has 0 aromatic heterocycles. The summed E-state index contributed by atoms with van der Waals surface area (Å²) < 4.78 is 30.3. The number of hydrogen-bond donors (Lipinski definition) is 1. The van der Waals surface area contributed by atoms with Crippen LogP contribution in [0.2, 0.25) is 0 Å². The molecule has 124 valence electrons. The molecule has 2 saturated heterocycles. The number of hydrogen-bond acceptors (Lipinski definition) is 6. The first-order valence-corrected chi connectivity index (χ1v) is 10.7. The predicted molar refractivity (Wildman–Crippen MR) is 88.3 cm³/mol. The lowest BCUT2D eigenvalue weighted by Crippen LogP contribution is -2.66. The van der Waals surface area contributed by atoms with E-state index in [1.165, 1.54) is 6.26 Å². The summed E-state index contributed by atoms with van der Waals surface area (Å²) in [5.74, 6) is 1.61. The summed E-state index contributed by atoms with van der Waals surface area (Å²) in [6.45, 7) is 6.17. The third-order valence-electron chi connectivity index (χ3n) is 5.04. The first-order chi connectivity index (χ1) is 9.76. The van der Waals surface area contributed by atoms with E-state index in [0.29, 0.717) is 18.9 Å². The minimum atomic E-state index is -3.11. The molecule has 21 heavy (non-hydrogen) atoms. The van der Waals surface area contributed by atoms with E-state index in [1.54, 1.807) is 11.8 Å². The van der Waals surface area contributed by atoms with Gasteiger partial charge >= 0.3 is 0 Å². The molecular weight excluding hydrogens is 308 g/mol. The van der Waals surface area contributed by atoms with Crippen LogP contribution in [0.3, 0.4) is 0 Å². The molecule has 0 spiro atoms. The molecule has 0 radical (unpaired) electrons. The van der Waals surface area contributed by atoms with E-state index in [-0.39, 0.29) is 11.1 Å². The van der Waals surface area contributed by atoms with Gasteiger partial charge in [0, 0.05) is 43.0 Å². The molecule has 0 aliphatic carbocycles. The van der Waals surface area contributed by atoms with Crippen LogP contribution in [0.15, 0.2) is 0 Å². The first-order valence-electron chi connectivity index (χ1n) is 7.64. The first kappa shape index (κ1) is 17.5. The fourth-order valence-corrected chi connectivity index (χ4v) is 6.51. The summed E-state index contributed by atoms with van der Waals surface area (Å²) in [5, 5.41) is -0.418. The van der Waals surface area contributed by atoms with Crippen LogP contribution in [-0.4, -0.2) is 67.3 Å². The highest BCUT2D eigenvalue weighted by Gasteiger charge is 2.49. The van der Waals surface area contributed by atoms with Crippen molar-refractivity contribution < 1.29 is 13.2 Å². The molecule has 2 fully saturated rings. The number of ether oxygens (including phenoxy) is 1. The van der Waals surface area contributed by atoms with Crippen molar-refractivity contribution in [2.75, 3.05) is 37.5 Å². The molecule has 3 unspecified atom stereocenters. The molecule has 2 aliphatic heterocycles. The van der Waals surface area contributed by atoms with Crippen molar-refractivity contribution in [3.8, 4) is 0 Å². The van der Waals surface area contributed by atoms with Crippen LogP contribution in [0.25, 0.3) is 0 Å². The standard InChI is InChI=1S/C14H28N2O3S2/c1-4-13(2)10-14(11-15,5-7-19-13)16-6-8-20-9-12(16)21(3,17)18/h12H,4-11,15H2,1-3H3. The van der Waals surface area contributed by atoms with Crippen molar-refractivity contribution in [1.29, 1.82) is 0 Å². The molecule has 2 heterocycles. The van der Waals surface area contributed by atoms with Gasteiger partial charge < -0.3 is 10.5 Å². The lowest BCUT2D eigenvalue weighted by Gasteiger charge is -2.54. The van der Waals surface area contributed by atoms with Crippen LogP contribution in [0, 0.1) is 0 Å². The Balaban J connectivity index is 2.33. The molecule has 2 aliphatic rings. The molecule has 0 aromatic rings. The summed E-state index contributed by atoms with van der Waals surface area (Å²) in [4.78, 5) is 2.18. The molecule has 2 rings (SSSR count). The number of rotatable bonds is 4. The van der Waals surface area contributed by atoms with Gasteiger partial charge in [-0.25, -0.2) is 8.42 Å². The van der Waals surface area contributed by atoms with E-state index in [9.17, 15) is 8.42 Å². The van der Waals surface area contributed by atoms with Gasteiger partial charge in [0.2, 0.25) is 0 Å². The highest BCUT2D eigenvalue weighted by Crippen LogP contribution is 2.41. The lowest BCUT2D eigenvalue weighted by atomic mass is 9.78. The van der Waals surface area contributed by atoms with Gasteiger partial charge in [0.05, 0.1) is 5.60 Å². The maximum atomic E-state index is 12.2. The van der Waals surface area contributed by atoms with Crippen LogP contribution < -0.4 is 5.73 Å². The van der Waals surface area contributed by atoms with E-state index < -0.39 is 15.2 Å². The van der Waals surface area contributed by atoms with Gasteiger partial charge in [-0.3, -0.25) is 4.90 Å². The summed E-state index contributed by atoms with van der Waals surface area (Å²) in [6, 6.07) is 0. The third kappa shape index (κ3) is 3.58. The molecular formula is C14H28N2O3S2. The maximum absolute atomic E-state index is 12.2. The Labute approximate surface area is 132 Å². The Bertz CT molecular complexity index is 471. The van der Waals surface area contributed by atoms with Crippen molar-refractivity contribution >= 4 is 21.6 Å². The van der Waals surface area contributed by atoms with Crippen LogP contribution in [0.5, 0.6) is 0 Å². The molecule has 0 saturated carbocycles. The number of sulfone groups is 1. The van der Waals surface area contributed by atoms with E-state index >= 15 is 0 Å². The van der Waals surface area contributed by atoms with E-state index in [4.69, 9.17) is 10.5 Å². The Morgan fingerprint density at radius 2 is 2.19 bits per heavy atom. The van der Waals surface area contributed by atoms with Gasteiger partial charge in [0.25, 0.3) is 0 Å². The SMILES string of the molecule is CCC1(C)CC(CN)(N2CCSCC2S(C)(=O)=O)CCO1. The van der Waals surface area contributed by atoms with Gasteiger partial charge in [-0.2, -0.15) is 11.8 Å². The van der Waals surface area contributed by atoms with Crippen molar-refractivity contribution in [3.63, 3.8) is 0 Å². The van der Waals surface area contributed by atoms with Crippen LogP contribution in [0.1, 0.15) is 33.1 Å². The van der Waals surface area contributed by atoms with Crippen molar-refractivity contribution in [1.82, 2.24) is 4.90 Å². The minimum absolute atomic E-state index is 0.204. The molecule has 2 N–H and O–H groups in total. The molecule has 0 amide bonds. The van der Waals surface area contributed by atoms with Gasteiger partial charge in [-0.15, -0.1) is 0 Å². The number of nitrogens with zero attached hydrogens (tertiary/aromatic N) is 1. The molecule has 0 aromatic carbocycles. The predicted octanol–water partition coefficient (Wildman–Crippen LogP) is 1.08. The second-order valence-corrected chi connectivity index (χ2v) is 9.91. The summed E-state index contributed by atoms with van der Waals surface area (Å²) >= 11 is 1.72. The van der Waals surface area contributed by atoms with E-state index in [2.05, 4.69) is 18.7 Å². The third-order valence-corrected chi connectivity index (χ3v) is 7.68. The van der Waals surface area contributed by atoms with Crippen molar-refractivity contribution in [2.24, 2.45) is 5.73 Å². The van der Waals surface area contributed by atoms with Gasteiger partial charge in [0.15, 0.2) is 9.84 Å². The Morgan fingerprint density at radius 3 is 2.76 bits per heavy atom. The second kappa shape index (κ2) is 6.35. The topological polar surface area (TPSA) is 72.6 Å². The Kier molecular flexibility index (Phi) is 5.31. The average Bonchev–Trinajstić information content (AvgIpc) is 2.46. The zero-order valence-electron chi connectivity index (χ0n) is 13.3. The van der Waals surface area contributed by atoms with Crippen molar-refractivity contribution in [3.05, 3.63) is 0 Å². The zero-order valence-corrected chi connectivity index (χ0v) is 14.9. The number of nitrogens with two attached hydrogens (primary N) is 1. The summed E-state index contributed by atoms with van der Waals surface area (Å²) in [7, 11) is -3.11. The molecule has 3 atom stereocenters. The van der Waals surface area contributed by atoms with Crippen molar-refractivity contribution in [2.45, 2.75) is 49.6 Å². The minimum Gasteiger partial charge on any atom is -0.375 e. The lowest BCUT2D eigenvalue weighted by molar-refractivity contribution is -0.130. The average molecular weight is 337 g/mol. The molecule has 0 bridgehead atoms. The van der Waals surface area contributed by atoms with Gasteiger partial charge in [-0.05, 0) is 26.2 Å². The normalized spacial score (nSPS) is 39.3. The molecule has 7 heteroatoms. The monoisotopic (exact) mass is 336 g/mol. The number of thioether (sulfide) groups is 1. The van der Waals surface area contributed by atoms with E-state index in [0.717, 1.165) is 31.6 Å². The Morgan fingerprint density at radius 1 is 1.48 bits per heavy atom. The summed E-state index contributed by atoms with van der Waals surface area (Å²) in [6.07, 6.45) is 3.89. The molecule has 5 nitrogen and oxygen atoms in total. The smallest absolute Gasteiger partial charge is 0.164 e. The maximum Gasteiger partial charge on any atom is 0.164 e. The fraction of sp³-hybridized carbons (Fsp3) is 1.00. The zero-order chi connectivity index (χ0) is 15.7. The Hall–Kier alpha value is 0.180. The summed E-state index contributed by atoms with van der Waals surface area (Å²) in [5.41, 5.74) is 5.70. The largest absolute Gasteiger partial charge is 0.375 e. The fourth-order valence-electron chi connectivity index (χ4n) is 3.56.